The van der Waals surface area contributed by atoms with Crippen LogP contribution in [-0.2, 0) is 16.2 Å². The first-order valence-electron chi connectivity index (χ1n) is 51.7. The van der Waals surface area contributed by atoms with Crippen LogP contribution in [0.3, 0.4) is 0 Å². The molecular formula is C142H97N3O3. The van der Waals surface area contributed by atoms with Crippen molar-refractivity contribution < 1.29 is 13.3 Å². The Morgan fingerprint density at radius 3 is 1.07 bits per heavy atom. The van der Waals surface area contributed by atoms with Crippen LogP contribution < -0.4 is 0 Å². The summed E-state index contributed by atoms with van der Waals surface area (Å²) in [7, 11) is 0. The highest BCUT2D eigenvalue weighted by atomic mass is 16.3. The van der Waals surface area contributed by atoms with Crippen molar-refractivity contribution in [1.29, 1.82) is 0 Å². The Labute approximate surface area is 856 Å². The Balaban J connectivity index is 0.000000103. The summed E-state index contributed by atoms with van der Waals surface area (Å²) < 4.78 is 26.3. The maximum atomic E-state index is 6.67. The number of hydrogen-bond donors (Lipinski definition) is 0. The number of para-hydroxylation sites is 7. The van der Waals surface area contributed by atoms with Crippen LogP contribution in [0.25, 0.3) is 248 Å². The van der Waals surface area contributed by atoms with Crippen molar-refractivity contribution in [3.63, 3.8) is 0 Å². The molecule has 0 N–H and O–H groups in total. The van der Waals surface area contributed by atoms with Crippen molar-refractivity contribution in [3.8, 4) is 117 Å². The van der Waals surface area contributed by atoms with Crippen molar-refractivity contribution in [1.82, 2.24) is 13.7 Å². The number of nitrogens with zero attached hydrogens (tertiary/aromatic N) is 3. The normalized spacial score (nSPS) is 14.1. The second-order valence-corrected chi connectivity index (χ2v) is 42.3. The lowest BCUT2D eigenvalue weighted by Gasteiger charge is -2.22. The van der Waals surface area contributed by atoms with E-state index in [0.717, 1.165) is 82.6 Å². The second kappa shape index (κ2) is 32.3. The molecule has 4 aliphatic rings. The highest BCUT2D eigenvalue weighted by Gasteiger charge is 2.43. The van der Waals surface area contributed by atoms with Crippen LogP contribution in [0.5, 0.6) is 0 Å². The summed E-state index contributed by atoms with van der Waals surface area (Å²) in [6, 6.07) is 173. The van der Waals surface area contributed by atoms with E-state index in [-0.39, 0.29) is 22.2 Å². The van der Waals surface area contributed by atoms with Gasteiger partial charge in [0.2, 0.25) is 0 Å². The molecule has 0 amide bonds. The highest BCUT2D eigenvalue weighted by Crippen LogP contribution is 2.59. The Morgan fingerprint density at radius 1 is 0.189 bits per heavy atom. The van der Waals surface area contributed by atoms with Gasteiger partial charge in [-0.3, -0.25) is 0 Å². The third-order valence-corrected chi connectivity index (χ3v) is 33.3. The molecule has 6 heteroatoms. The lowest BCUT2D eigenvalue weighted by atomic mass is 9.80. The average molecular weight is 1890 g/mol. The summed E-state index contributed by atoms with van der Waals surface area (Å²) in [5.41, 5.74) is 51.2. The van der Waals surface area contributed by atoms with Crippen LogP contribution in [0.1, 0.15) is 97.5 Å². The minimum absolute atomic E-state index is 0.0749. The zero-order chi connectivity index (χ0) is 98.3. The molecular weight excluding hydrogens is 1800 g/mol. The number of furan rings is 3. The highest BCUT2D eigenvalue weighted by molar-refractivity contribution is 6.20. The number of benzene rings is 22. The molecule has 0 bridgehead atoms. The van der Waals surface area contributed by atoms with Crippen molar-refractivity contribution in [2.45, 2.75) is 63.7 Å². The van der Waals surface area contributed by atoms with Crippen LogP contribution in [-0.4, -0.2) is 13.7 Å². The van der Waals surface area contributed by atoms with Gasteiger partial charge in [0.1, 0.15) is 27.9 Å². The molecule has 0 saturated heterocycles. The first kappa shape index (κ1) is 85.2. The van der Waals surface area contributed by atoms with Gasteiger partial charge >= 0.3 is 0 Å². The quantitative estimate of drug-likeness (QED) is 0.145. The zero-order valence-electron chi connectivity index (χ0n) is 82.7. The molecule has 0 saturated carbocycles. The number of fused-ring (bicyclic) bond motifs is 33. The van der Waals surface area contributed by atoms with E-state index in [4.69, 9.17) is 13.3 Å². The second-order valence-electron chi connectivity index (χ2n) is 42.3. The van der Waals surface area contributed by atoms with Crippen LogP contribution in [0.2, 0.25) is 0 Å². The summed E-state index contributed by atoms with van der Waals surface area (Å²) in [5.74, 6) is 0.235. The SMILES string of the molecule is CC1(C)c2ccccc2-c2ccc3c(c21)c1cc(-c2ccc4c(c2)-c2ccccc2C4c2ccccc2)ccc1n3-c1cccc2c1oc1ccccc12.CC1(C)c2ccccc2-c2ccc3c(c21)c1ccccc1n3-c1ccc(-c2ccc(-c3ccc4oc5ccccc5c4c3)cc2)cc1.CC1(C)c2ccccc2-c2ccc3c(c21)c1ccccc1n3-c1ccc(-c2ccc(-c3cccc4c3oc3ccccc34)cc2)cc1. The van der Waals surface area contributed by atoms with Crippen LogP contribution in [0.15, 0.2) is 486 Å². The van der Waals surface area contributed by atoms with Gasteiger partial charge < -0.3 is 27.0 Å². The number of hydrogen-bond acceptors (Lipinski definition) is 3. The van der Waals surface area contributed by atoms with E-state index in [2.05, 4.69) is 504 Å². The molecule has 32 rings (SSSR count). The predicted octanol–water partition coefficient (Wildman–Crippen LogP) is 38.5. The lowest BCUT2D eigenvalue weighted by molar-refractivity contribution is 0.665. The summed E-state index contributed by atoms with van der Waals surface area (Å²) in [4.78, 5) is 0. The lowest BCUT2D eigenvalue weighted by Crippen LogP contribution is -2.15. The molecule has 28 aromatic rings. The van der Waals surface area contributed by atoms with Crippen molar-refractivity contribution in [2.75, 3.05) is 0 Å². The molecule has 0 spiro atoms. The van der Waals surface area contributed by atoms with Gasteiger partial charge in [0.25, 0.3) is 0 Å². The fraction of sp³-hybridized carbons (Fsp3) is 0.0704. The van der Waals surface area contributed by atoms with Crippen LogP contribution in [0.4, 0.5) is 0 Å². The average Bonchev–Trinajstić information content (AvgIpc) is 1.54. The molecule has 1 atom stereocenters. The van der Waals surface area contributed by atoms with E-state index in [1.807, 2.05) is 24.3 Å². The maximum Gasteiger partial charge on any atom is 0.159 e. The van der Waals surface area contributed by atoms with E-state index >= 15 is 0 Å². The predicted molar refractivity (Wildman–Crippen MR) is 617 cm³/mol. The fourth-order valence-corrected chi connectivity index (χ4v) is 26.5. The molecule has 0 radical (unpaired) electrons. The van der Waals surface area contributed by atoms with Crippen molar-refractivity contribution >= 4 is 131 Å². The Bertz CT molecular complexity index is 10400. The van der Waals surface area contributed by atoms with Gasteiger partial charge in [-0.15, -0.1) is 0 Å². The molecule has 148 heavy (non-hydrogen) atoms. The molecule has 6 aromatic heterocycles. The third-order valence-electron chi connectivity index (χ3n) is 33.3. The molecule has 1 unspecified atom stereocenters. The molecule has 6 nitrogen and oxygen atoms in total. The third kappa shape index (κ3) is 12.6. The summed E-state index contributed by atoms with van der Waals surface area (Å²) in [5, 5.41) is 14.8. The fourth-order valence-electron chi connectivity index (χ4n) is 26.5. The van der Waals surface area contributed by atoms with Gasteiger partial charge in [-0.05, 0) is 254 Å². The van der Waals surface area contributed by atoms with E-state index < -0.39 is 0 Å². The Morgan fingerprint density at radius 2 is 0.527 bits per heavy atom. The van der Waals surface area contributed by atoms with Gasteiger partial charge in [0.05, 0.1) is 38.8 Å². The molecule has 22 aromatic carbocycles. The minimum Gasteiger partial charge on any atom is -0.456 e. The topological polar surface area (TPSA) is 54.2 Å². The number of rotatable bonds is 9. The van der Waals surface area contributed by atoms with Gasteiger partial charge in [-0.2, -0.15) is 0 Å². The van der Waals surface area contributed by atoms with Crippen molar-refractivity contribution in [3.05, 3.63) is 523 Å². The van der Waals surface area contributed by atoms with Gasteiger partial charge in [0, 0.05) is 104 Å². The summed E-state index contributed by atoms with van der Waals surface area (Å²) >= 11 is 0. The summed E-state index contributed by atoms with van der Waals surface area (Å²) in [6.07, 6.45) is 0. The first-order valence-corrected chi connectivity index (χ1v) is 51.7. The standard InChI is InChI=1S/C52H35NO.2C45H31NO/c1-52(2)43-20-10-8-16-35(43)39-26-28-45-49(50(39)52)42-30-33(24-27-44(42)53(45)46-21-12-19-40-36-17-9-11-22-47(36)54-51(40)46)32-23-25-38-41(29-32)34-15-6-7-18-37(34)48(38)31-13-4-3-5-14-31;1-45(2)38-15-6-3-10-33(38)35-26-27-40-42(43(35)45)37-12-4-7-16-39(37)46(40)31-24-22-29(23-25-31)28-18-20-30(21-19-28)32-13-9-14-36-34-11-5-8-17-41(34)47-44(32)36;1-45(2)38-12-6-3-9-33(38)35-24-25-40-43(44(35)45)36-11-4-7-13-39(36)46(40)32-22-19-29(20-23-32)28-15-17-30(18-16-28)31-21-26-42-37(27-31)34-10-5-8-14-41(34)47-42/h3-30,48H,1-2H3;2*3-27H,1-2H3. The molecule has 4 aliphatic carbocycles. The smallest absolute Gasteiger partial charge is 0.159 e. The van der Waals surface area contributed by atoms with E-state index in [1.165, 1.54) is 216 Å². The van der Waals surface area contributed by atoms with Crippen LogP contribution in [0, 0.1) is 0 Å². The molecule has 0 fully saturated rings. The largest absolute Gasteiger partial charge is 0.456 e. The van der Waals surface area contributed by atoms with E-state index in [9.17, 15) is 0 Å². The Hall–Kier alpha value is -18.4. The molecule has 6 heterocycles. The number of aromatic nitrogens is 3. The van der Waals surface area contributed by atoms with Gasteiger partial charge in [-0.25, -0.2) is 0 Å². The molecule has 698 valence electrons. The van der Waals surface area contributed by atoms with Gasteiger partial charge in [0.15, 0.2) is 5.58 Å². The minimum atomic E-state index is -0.171. The first-order chi connectivity index (χ1) is 72.7. The maximum absolute atomic E-state index is 6.67. The summed E-state index contributed by atoms with van der Waals surface area (Å²) in [6.45, 7) is 14.3. The van der Waals surface area contributed by atoms with Gasteiger partial charge in [-0.1, -0.05) is 406 Å². The van der Waals surface area contributed by atoms with Crippen LogP contribution >= 0.6 is 0 Å². The molecule has 0 aliphatic heterocycles. The van der Waals surface area contributed by atoms with E-state index in [1.54, 1.807) is 0 Å². The van der Waals surface area contributed by atoms with Crippen molar-refractivity contribution in [2.24, 2.45) is 0 Å². The zero-order valence-corrected chi connectivity index (χ0v) is 82.7. The Kier molecular flexibility index (Phi) is 18.6. The monoisotopic (exact) mass is 1890 g/mol. The van der Waals surface area contributed by atoms with E-state index in [0.29, 0.717) is 0 Å².